The Morgan fingerprint density at radius 2 is 1.79 bits per heavy atom. The highest BCUT2D eigenvalue weighted by molar-refractivity contribution is 7.17. The number of para-hydroxylation sites is 1. The summed E-state index contributed by atoms with van der Waals surface area (Å²) in [5.74, 6) is 0.209. The third kappa shape index (κ3) is 4.52. The quantitative estimate of drug-likeness (QED) is 0.474. The molecule has 1 amide bonds. The van der Waals surface area contributed by atoms with E-state index < -0.39 is 0 Å². The van der Waals surface area contributed by atoms with Crippen molar-refractivity contribution in [3.8, 4) is 0 Å². The average molecular weight is 463 g/mol. The number of hydrogen-bond acceptors (Lipinski definition) is 5. The van der Waals surface area contributed by atoms with Gasteiger partial charge in [0.05, 0.1) is 12.1 Å². The predicted molar refractivity (Wildman–Crippen MR) is 129 cm³/mol. The Morgan fingerprint density at radius 1 is 1.06 bits per heavy atom. The number of benzene rings is 2. The van der Waals surface area contributed by atoms with Crippen molar-refractivity contribution in [3.63, 3.8) is 0 Å². The van der Waals surface area contributed by atoms with Crippen LogP contribution in [0.25, 0.3) is 10.2 Å². The maximum Gasteiger partial charge on any atom is 0.273 e. The SMILES string of the molecule is O=C(Nc1ccccc1)C1CCN(c2nc3ccsc3c(=O)n2Cc2ccc(F)cc2)CC1. The standard InChI is InChI=1S/C25H23FN4O2S/c26-19-8-6-17(7-9-19)16-30-24(32)22-21(12-15-33-22)28-25(30)29-13-10-18(11-14-29)23(31)27-20-4-2-1-3-5-20/h1-9,12,15,18H,10-11,13-14,16H2,(H,27,31). The molecule has 8 heteroatoms. The summed E-state index contributed by atoms with van der Waals surface area (Å²) in [5.41, 5.74) is 2.20. The van der Waals surface area contributed by atoms with Crippen LogP contribution in [-0.4, -0.2) is 28.5 Å². The van der Waals surface area contributed by atoms with Crippen molar-refractivity contribution >= 4 is 39.1 Å². The monoisotopic (exact) mass is 462 g/mol. The topological polar surface area (TPSA) is 67.2 Å². The zero-order chi connectivity index (χ0) is 22.8. The molecule has 0 aliphatic carbocycles. The average Bonchev–Trinajstić information content (AvgIpc) is 3.32. The second-order valence-corrected chi connectivity index (χ2v) is 9.10. The van der Waals surface area contributed by atoms with Crippen LogP contribution in [0.15, 0.2) is 70.8 Å². The predicted octanol–water partition coefficient (Wildman–Crippen LogP) is 4.50. The molecule has 3 heterocycles. The molecular weight excluding hydrogens is 439 g/mol. The van der Waals surface area contributed by atoms with E-state index in [4.69, 9.17) is 4.98 Å². The number of anilines is 2. The Bertz CT molecular complexity index is 1330. The molecule has 0 unspecified atom stereocenters. The van der Waals surface area contributed by atoms with Crippen molar-refractivity contribution in [2.75, 3.05) is 23.3 Å². The number of hydrogen-bond donors (Lipinski definition) is 1. The molecule has 2 aromatic heterocycles. The van der Waals surface area contributed by atoms with Crippen molar-refractivity contribution in [1.82, 2.24) is 9.55 Å². The number of carbonyl (C=O) groups excluding carboxylic acids is 1. The normalized spacial score (nSPS) is 14.5. The third-order valence-electron chi connectivity index (χ3n) is 5.99. The van der Waals surface area contributed by atoms with E-state index in [0.29, 0.717) is 48.6 Å². The van der Waals surface area contributed by atoms with Crippen molar-refractivity contribution in [1.29, 1.82) is 0 Å². The number of nitrogens with one attached hydrogen (secondary N) is 1. The Labute approximate surface area is 194 Å². The van der Waals surface area contributed by atoms with Gasteiger partial charge in [0.15, 0.2) is 0 Å². The number of carbonyl (C=O) groups is 1. The second kappa shape index (κ2) is 9.15. The van der Waals surface area contributed by atoms with Crippen LogP contribution in [0, 0.1) is 11.7 Å². The van der Waals surface area contributed by atoms with E-state index in [9.17, 15) is 14.0 Å². The Hall–Kier alpha value is -3.52. The molecule has 4 aromatic rings. The molecule has 1 fully saturated rings. The van der Waals surface area contributed by atoms with Gasteiger partial charge in [-0.05, 0) is 54.1 Å². The van der Waals surface area contributed by atoms with Gasteiger partial charge in [0.1, 0.15) is 10.5 Å². The highest BCUT2D eigenvalue weighted by atomic mass is 32.1. The van der Waals surface area contributed by atoms with Crippen LogP contribution in [0.1, 0.15) is 18.4 Å². The number of aromatic nitrogens is 2. The van der Waals surface area contributed by atoms with Gasteiger partial charge in [-0.3, -0.25) is 14.2 Å². The maximum atomic E-state index is 13.4. The lowest BCUT2D eigenvalue weighted by molar-refractivity contribution is -0.120. The van der Waals surface area contributed by atoms with Crippen LogP contribution in [0.3, 0.4) is 0 Å². The van der Waals surface area contributed by atoms with E-state index in [1.807, 2.05) is 41.8 Å². The van der Waals surface area contributed by atoms with E-state index >= 15 is 0 Å². The van der Waals surface area contributed by atoms with Crippen molar-refractivity contribution in [2.24, 2.45) is 5.92 Å². The Balaban J connectivity index is 1.37. The number of fused-ring (bicyclic) bond motifs is 1. The molecule has 0 saturated carbocycles. The van der Waals surface area contributed by atoms with Crippen LogP contribution in [-0.2, 0) is 11.3 Å². The van der Waals surface area contributed by atoms with Crippen LogP contribution in [0.4, 0.5) is 16.0 Å². The first-order valence-electron chi connectivity index (χ1n) is 10.9. The molecule has 1 saturated heterocycles. The number of halogens is 1. The molecule has 33 heavy (non-hydrogen) atoms. The third-order valence-corrected chi connectivity index (χ3v) is 6.88. The molecule has 6 nitrogen and oxygen atoms in total. The van der Waals surface area contributed by atoms with Crippen LogP contribution in [0.5, 0.6) is 0 Å². The van der Waals surface area contributed by atoms with Crippen LogP contribution >= 0.6 is 11.3 Å². The van der Waals surface area contributed by atoms with E-state index in [0.717, 1.165) is 11.3 Å². The van der Waals surface area contributed by atoms with E-state index in [-0.39, 0.29) is 23.2 Å². The molecule has 0 radical (unpaired) electrons. The highest BCUT2D eigenvalue weighted by Gasteiger charge is 2.28. The van der Waals surface area contributed by atoms with E-state index in [1.54, 1.807) is 16.7 Å². The molecule has 0 bridgehead atoms. The summed E-state index contributed by atoms with van der Waals surface area (Å²) >= 11 is 1.37. The molecule has 1 aliphatic heterocycles. The number of rotatable bonds is 5. The molecule has 1 aliphatic rings. The number of piperidine rings is 1. The lowest BCUT2D eigenvalue weighted by Crippen LogP contribution is -2.41. The fraction of sp³-hybridized carbons (Fsp3) is 0.240. The molecule has 2 aromatic carbocycles. The lowest BCUT2D eigenvalue weighted by Gasteiger charge is -2.33. The summed E-state index contributed by atoms with van der Waals surface area (Å²) < 4.78 is 15.6. The summed E-state index contributed by atoms with van der Waals surface area (Å²) in [6, 6.07) is 17.5. The van der Waals surface area contributed by atoms with E-state index in [1.165, 1.54) is 23.5 Å². The molecule has 1 N–H and O–H groups in total. The first kappa shape index (κ1) is 21.3. The first-order chi connectivity index (χ1) is 16.1. The number of amides is 1. The van der Waals surface area contributed by atoms with Crippen LogP contribution < -0.4 is 15.8 Å². The highest BCUT2D eigenvalue weighted by Crippen LogP contribution is 2.26. The first-order valence-corrected chi connectivity index (χ1v) is 11.8. The fourth-order valence-electron chi connectivity index (χ4n) is 4.20. The number of thiophene rings is 1. The summed E-state index contributed by atoms with van der Waals surface area (Å²) in [4.78, 5) is 32.9. The van der Waals surface area contributed by atoms with Gasteiger partial charge >= 0.3 is 0 Å². The van der Waals surface area contributed by atoms with Crippen LogP contribution in [0.2, 0.25) is 0 Å². The summed E-state index contributed by atoms with van der Waals surface area (Å²) in [6.07, 6.45) is 1.35. The largest absolute Gasteiger partial charge is 0.342 e. The van der Waals surface area contributed by atoms with Gasteiger partial charge in [0.2, 0.25) is 11.9 Å². The minimum absolute atomic E-state index is 0.0193. The van der Waals surface area contributed by atoms with Gasteiger partial charge in [-0.2, -0.15) is 0 Å². The molecule has 5 rings (SSSR count). The van der Waals surface area contributed by atoms with Crippen molar-refractivity contribution in [2.45, 2.75) is 19.4 Å². The lowest BCUT2D eigenvalue weighted by atomic mass is 9.96. The minimum Gasteiger partial charge on any atom is -0.342 e. The van der Waals surface area contributed by atoms with Gasteiger partial charge < -0.3 is 10.2 Å². The van der Waals surface area contributed by atoms with Gasteiger partial charge in [0, 0.05) is 24.7 Å². The van der Waals surface area contributed by atoms with Gasteiger partial charge in [-0.1, -0.05) is 30.3 Å². The smallest absolute Gasteiger partial charge is 0.273 e. The Morgan fingerprint density at radius 3 is 2.52 bits per heavy atom. The molecule has 168 valence electrons. The fourth-order valence-corrected chi connectivity index (χ4v) is 4.97. The maximum absolute atomic E-state index is 13.4. The van der Waals surface area contributed by atoms with Crippen molar-refractivity contribution < 1.29 is 9.18 Å². The zero-order valence-electron chi connectivity index (χ0n) is 17.9. The molecular formula is C25H23FN4O2S. The van der Waals surface area contributed by atoms with Gasteiger partial charge in [-0.25, -0.2) is 9.37 Å². The molecule has 0 atom stereocenters. The summed E-state index contributed by atoms with van der Waals surface area (Å²) in [5, 5.41) is 4.85. The molecule has 0 spiro atoms. The zero-order valence-corrected chi connectivity index (χ0v) is 18.7. The second-order valence-electron chi connectivity index (χ2n) is 8.18. The van der Waals surface area contributed by atoms with Gasteiger partial charge in [-0.15, -0.1) is 11.3 Å². The van der Waals surface area contributed by atoms with Gasteiger partial charge in [0.25, 0.3) is 5.56 Å². The van der Waals surface area contributed by atoms with Crippen molar-refractivity contribution in [3.05, 3.63) is 87.8 Å². The summed E-state index contributed by atoms with van der Waals surface area (Å²) in [7, 11) is 0. The van der Waals surface area contributed by atoms with E-state index in [2.05, 4.69) is 10.2 Å². The minimum atomic E-state index is -0.311. The number of nitrogens with zero attached hydrogens (tertiary/aromatic N) is 3. The Kier molecular flexibility index (Phi) is 5.92. The summed E-state index contributed by atoms with van der Waals surface area (Å²) in [6.45, 7) is 1.56.